The molecule has 0 atom stereocenters. The Kier molecular flexibility index (Phi) is 6.56. The Balaban J connectivity index is 2.46. The molecular weight excluding hydrogens is 364 g/mol. The van der Waals surface area contributed by atoms with E-state index in [-0.39, 0.29) is 16.5 Å². The molecule has 1 heterocycles. The maximum absolute atomic E-state index is 12.8. The van der Waals surface area contributed by atoms with Crippen molar-refractivity contribution in [2.45, 2.75) is 25.7 Å². The molecule has 7 nitrogen and oxygen atoms in total. The number of amides is 1. The van der Waals surface area contributed by atoms with Crippen molar-refractivity contribution in [3.8, 4) is 0 Å². The normalized spacial score (nSPS) is 11.5. The summed E-state index contributed by atoms with van der Waals surface area (Å²) < 4.78 is 27.0. The fraction of sp³-hybridized carbons (Fsp3) is 0.368. The van der Waals surface area contributed by atoms with Gasteiger partial charge in [-0.05, 0) is 37.3 Å². The van der Waals surface area contributed by atoms with E-state index in [4.69, 9.17) is 0 Å². The third kappa shape index (κ3) is 4.64. The van der Waals surface area contributed by atoms with Crippen molar-refractivity contribution in [3.63, 3.8) is 0 Å². The van der Waals surface area contributed by atoms with Crippen LogP contribution in [0.1, 0.15) is 30.0 Å². The summed E-state index contributed by atoms with van der Waals surface area (Å²) in [6.07, 6.45) is 0. The number of hydrogen-bond acceptors (Lipinski definition) is 5. The summed E-state index contributed by atoms with van der Waals surface area (Å²) in [7, 11) is 0.0303. The number of nitrogens with zero attached hydrogens (tertiary/aromatic N) is 3. The van der Waals surface area contributed by atoms with Gasteiger partial charge in [-0.15, -0.1) is 0 Å². The highest BCUT2D eigenvalue weighted by Crippen LogP contribution is 2.29. The quantitative estimate of drug-likeness (QED) is 0.786. The smallest absolute Gasteiger partial charge is 0.274 e. The highest BCUT2D eigenvalue weighted by molar-refractivity contribution is 7.89. The van der Waals surface area contributed by atoms with Crippen LogP contribution in [0, 0.1) is 6.92 Å². The lowest BCUT2D eigenvalue weighted by Crippen LogP contribution is -2.30. The molecule has 146 valence electrons. The number of nitrogens with one attached hydrogen (secondary N) is 1. The molecule has 1 amide bonds. The van der Waals surface area contributed by atoms with Gasteiger partial charge in [0.15, 0.2) is 0 Å². The van der Waals surface area contributed by atoms with Crippen LogP contribution in [0.15, 0.2) is 41.3 Å². The number of benzene rings is 1. The molecule has 0 aliphatic heterocycles. The monoisotopic (exact) mass is 390 g/mol. The standard InChI is InChI=1S/C19H26N4O3S/c1-6-23(7-2)27(25,26)15-11-12-18(22(4)5)17(13-15)21-19(24)16-10-8-9-14(3)20-16/h8-13H,6-7H2,1-5H3,(H,21,24). The SMILES string of the molecule is CCN(CC)S(=O)(=O)c1ccc(N(C)C)c(NC(=O)c2cccc(C)n2)c1. The Hall–Kier alpha value is -2.45. The molecule has 0 aliphatic rings. The van der Waals surface area contributed by atoms with Gasteiger partial charge in [-0.3, -0.25) is 4.79 Å². The molecule has 0 bridgehead atoms. The second kappa shape index (κ2) is 8.49. The first-order valence-corrected chi connectivity index (χ1v) is 10.2. The second-order valence-corrected chi connectivity index (χ2v) is 8.22. The summed E-state index contributed by atoms with van der Waals surface area (Å²) in [6, 6.07) is 9.93. The Labute approximate surface area is 161 Å². The first-order valence-electron chi connectivity index (χ1n) is 8.77. The van der Waals surface area contributed by atoms with Crippen molar-refractivity contribution in [2.75, 3.05) is 37.4 Å². The summed E-state index contributed by atoms with van der Waals surface area (Å²) in [6.45, 7) is 6.15. The number of sulfonamides is 1. The average molecular weight is 391 g/mol. The molecule has 0 saturated heterocycles. The zero-order valence-corrected chi connectivity index (χ0v) is 17.2. The van der Waals surface area contributed by atoms with E-state index in [1.165, 1.54) is 10.4 Å². The van der Waals surface area contributed by atoms with Crippen LogP contribution >= 0.6 is 0 Å². The number of carbonyl (C=O) groups excluding carboxylic acids is 1. The predicted molar refractivity (Wildman–Crippen MR) is 108 cm³/mol. The van der Waals surface area contributed by atoms with Gasteiger partial charge in [-0.25, -0.2) is 13.4 Å². The third-order valence-corrected chi connectivity index (χ3v) is 6.21. The number of pyridine rings is 1. The van der Waals surface area contributed by atoms with E-state index >= 15 is 0 Å². The molecule has 1 N–H and O–H groups in total. The maximum atomic E-state index is 12.8. The number of carbonyl (C=O) groups is 1. The van der Waals surface area contributed by atoms with E-state index in [1.807, 2.05) is 19.0 Å². The molecule has 27 heavy (non-hydrogen) atoms. The molecule has 1 aromatic heterocycles. The first kappa shape index (κ1) is 20.9. The second-order valence-electron chi connectivity index (χ2n) is 6.28. The molecule has 1 aromatic carbocycles. The average Bonchev–Trinajstić information content (AvgIpc) is 2.62. The molecule has 0 aliphatic carbocycles. The van der Waals surface area contributed by atoms with Crippen molar-refractivity contribution < 1.29 is 13.2 Å². The van der Waals surface area contributed by atoms with Gasteiger partial charge in [-0.2, -0.15) is 4.31 Å². The van der Waals surface area contributed by atoms with Crippen molar-refractivity contribution in [1.29, 1.82) is 0 Å². The van der Waals surface area contributed by atoms with Crippen LogP contribution in [-0.2, 0) is 10.0 Å². The number of hydrogen-bond donors (Lipinski definition) is 1. The summed E-state index contributed by atoms with van der Waals surface area (Å²) in [4.78, 5) is 18.8. The van der Waals surface area contributed by atoms with E-state index in [1.54, 1.807) is 51.1 Å². The van der Waals surface area contributed by atoms with Gasteiger partial charge in [0.2, 0.25) is 10.0 Å². The van der Waals surface area contributed by atoms with Crippen LogP contribution < -0.4 is 10.2 Å². The predicted octanol–water partition coefficient (Wildman–Crippen LogP) is 2.74. The molecule has 2 aromatic rings. The number of aryl methyl sites for hydroxylation is 1. The number of aromatic nitrogens is 1. The zero-order chi connectivity index (χ0) is 20.2. The maximum Gasteiger partial charge on any atom is 0.274 e. The fourth-order valence-electron chi connectivity index (χ4n) is 2.73. The first-order chi connectivity index (χ1) is 12.7. The Morgan fingerprint density at radius 3 is 2.33 bits per heavy atom. The van der Waals surface area contributed by atoms with Crippen molar-refractivity contribution in [1.82, 2.24) is 9.29 Å². The molecular formula is C19H26N4O3S. The molecule has 8 heteroatoms. The van der Waals surface area contributed by atoms with E-state index in [0.29, 0.717) is 24.5 Å². The Bertz CT molecular complexity index is 922. The van der Waals surface area contributed by atoms with Gasteiger partial charge in [0, 0.05) is 32.9 Å². The highest BCUT2D eigenvalue weighted by Gasteiger charge is 2.23. The highest BCUT2D eigenvalue weighted by atomic mass is 32.2. The van der Waals surface area contributed by atoms with E-state index in [2.05, 4.69) is 10.3 Å². The molecule has 0 radical (unpaired) electrons. The third-order valence-electron chi connectivity index (χ3n) is 4.16. The lowest BCUT2D eigenvalue weighted by molar-refractivity contribution is 0.102. The van der Waals surface area contributed by atoms with E-state index in [0.717, 1.165) is 5.69 Å². The molecule has 0 spiro atoms. The molecule has 0 unspecified atom stereocenters. The minimum absolute atomic E-state index is 0.143. The number of rotatable bonds is 7. The lowest BCUT2D eigenvalue weighted by atomic mass is 10.2. The van der Waals surface area contributed by atoms with Gasteiger partial charge in [-0.1, -0.05) is 19.9 Å². The van der Waals surface area contributed by atoms with Crippen LogP contribution in [0.3, 0.4) is 0 Å². The van der Waals surface area contributed by atoms with Gasteiger partial charge in [0.1, 0.15) is 5.69 Å². The van der Waals surface area contributed by atoms with Gasteiger partial charge < -0.3 is 10.2 Å². The van der Waals surface area contributed by atoms with Crippen LogP contribution in [0.4, 0.5) is 11.4 Å². The van der Waals surface area contributed by atoms with Gasteiger partial charge in [0.25, 0.3) is 5.91 Å². The number of anilines is 2. The summed E-state index contributed by atoms with van der Waals surface area (Å²) in [5.41, 5.74) is 2.13. The molecule has 0 saturated carbocycles. The fourth-order valence-corrected chi connectivity index (χ4v) is 4.22. The van der Waals surface area contributed by atoms with Crippen molar-refractivity contribution in [2.24, 2.45) is 0 Å². The van der Waals surface area contributed by atoms with Gasteiger partial charge in [0.05, 0.1) is 16.3 Å². The molecule has 2 rings (SSSR count). The van der Waals surface area contributed by atoms with Crippen LogP contribution in [0.25, 0.3) is 0 Å². The molecule has 0 fully saturated rings. The summed E-state index contributed by atoms with van der Waals surface area (Å²) in [5, 5.41) is 2.80. The van der Waals surface area contributed by atoms with E-state index in [9.17, 15) is 13.2 Å². The summed E-state index contributed by atoms with van der Waals surface area (Å²) in [5.74, 6) is -0.390. The summed E-state index contributed by atoms with van der Waals surface area (Å²) >= 11 is 0. The van der Waals surface area contributed by atoms with Crippen LogP contribution in [0.2, 0.25) is 0 Å². The topological polar surface area (TPSA) is 82.6 Å². The van der Waals surface area contributed by atoms with Crippen LogP contribution in [0.5, 0.6) is 0 Å². The Morgan fingerprint density at radius 1 is 1.11 bits per heavy atom. The van der Waals surface area contributed by atoms with E-state index < -0.39 is 10.0 Å². The Morgan fingerprint density at radius 2 is 1.78 bits per heavy atom. The van der Waals surface area contributed by atoms with Crippen LogP contribution in [-0.4, -0.2) is 50.8 Å². The minimum atomic E-state index is -3.63. The van der Waals surface area contributed by atoms with Gasteiger partial charge >= 0.3 is 0 Å². The minimum Gasteiger partial charge on any atom is -0.376 e. The largest absolute Gasteiger partial charge is 0.376 e. The lowest BCUT2D eigenvalue weighted by Gasteiger charge is -2.22. The van der Waals surface area contributed by atoms with Crippen molar-refractivity contribution >= 4 is 27.3 Å². The van der Waals surface area contributed by atoms with Crippen molar-refractivity contribution in [3.05, 3.63) is 47.8 Å². The zero-order valence-electron chi connectivity index (χ0n) is 16.4.